The number of anilines is 1. The number of carbonyl (C=O) groups excluding carboxylic acids is 1. The lowest BCUT2D eigenvalue weighted by Crippen LogP contribution is -2.16. The summed E-state index contributed by atoms with van der Waals surface area (Å²) in [5.74, 6) is 0.553. The molecule has 0 saturated heterocycles. The van der Waals surface area contributed by atoms with Crippen LogP contribution in [0.1, 0.15) is 70.8 Å². The second kappa shape index (κ2) is 7.75. The molecule has 0 radical (unpaired) electrons. The summed E-state index contributed by atoms with van der Waals surface area (Å²) in [7, 11) is 1.80. The van der Waals surface area contributed by atoms with Crippen molar-refractivity contribution in [3.05, 3.63) is 71.1 Å². The van der Waals surface area contributed by atoms with E-state index < -0.39 is 6.10 Å². The van der Waals surface area contributed by atoms with Gasteiger partial charge in [-0.1, -0.05) is 25.1 Å². The second-order valence-electron chi connectivity index (χ2n) is 7.79. The molecule has 29 heavy (non-hydrogen) atoms. The van der Waals surface area contributed by atoms with Crippen LogP contribution in [0.3, 0.4) is 0 Å². The molecule has 3 aromatic rings. The van der Waals surface area contributed by atoms with E-state index in [1.165, 1.54) is 0 Å². The summed E-state index contributed by atoms with van der Waals surface area (Å²) >= 11 is 0. The Bertz CT molecular complexity index is 1040. The van der Waals surface area contributed by atoms with Crippen LogP contribution in [0.25, 0.3) is 0 Å². The van der Waals surface area contributed by atoms with Gasteiger partial charge in [0.15, 0.2) is 5.82 Å². The summed E-state index contributed by atoms with van der Waals surface area (Å²) in [6.07, 6.45) is 3.06. The van der Waals surface area contributed by atoms with Crippen LogP contribution < -0.4 is 5.32 Å². The molecule has 1 aliphatic carbocycles. The molecular weight excluding hydrogens is 366 g/mol. The number of hydrogen-bond donors (Lipinski definition) is 2. The molecule has 0 spiro atoms. The Labute approximate surface area is 169 Å². The fraction of sp³-hybridized carbons (Fsp3) is 0.364. The highest BCUT2D eigenvalue weighted by molar-refractivity contribution is 6.03. The summed E-state index contributed by atoms with van der Waals surface area (Å²) in [5.41, 5.74) is 4.16. The minimum atomic E-state index is -0.798. The van der Waals surface area contributed by atoms with Gasteiger partial charge in [0, 0.05) is 30.3 Å². The predicted molar refractivity (Wildman–Crippen MR) is 110 cm³/mol. The summed E-state index contributed by atoms with van der Waals surface area (Å²) in [4.78, 5) is 17.3. The van der Waals surface area contributed by atoms with Crippen LogP contribution in [0.15, 0.2) is 42.7 Å². The smallest absolute Gasteiger partial charge is 0.274 e. The number of aliphatic hydroxyl groups excluding tert-OH is 1. The number of aromatic nitrogens is 4. The van der Waals surface area contributed by atoms with Crippen LogP contribution in [-0.4, -0.2) is 30.8 Å². The highest BCUT2D eigenvalue weighted by atomic mass is 16.3. The standard InChI is InChI=1S/C22H25N5O2/c1-13-7-10-18(25-19(13)15-8-9-15)22(29)24-17-6-4-5-16(11-17)14(2)20(28)21-26-23-12-27(21)3/h4-7,10-12,14-15,20,28H,8-9H2,1-3H3,(H,24,29)/t14-,20+/m1/s1. The summed E-state index contributed by atoms with van der Waals surface area (Å²) in [6.45, 7) is 3.96. The third-order valence-electron chi connectivity index (χ3n) is 5.49. The van der Waals surface area contributed by atoms with Gasteiger partial charge in [-0.2, -0.15) is 0 Å². The Morgan fingerprint density at radius 3 is 2.76 bits per heavy atom. The minimum Gasteiger partial charge on any atom is -0.384 e. The number of hydrogen-bond acceptors (Lipinski definition) is 5. The van der Waals surface area contributed by atoms with Gasteiger partial charge in [-0.15, -0.1) is 10.2 Å². The zero-order chi connectivity index (χ0) is 20.5. The molecule has 2 atom stereocenters. The Balaban J connectivity index is 1.51. The van der Waals surface area contributed by atoms with E-state index in [2.05, 4.69) is 20.5 Å². The van der Waals surface area contributed by atoms with Gasteiger partial charge in [-0.25, -0.2) is 4.98 Å². The van der Waals surface area contributed by atoms with E-state index in [1.54, 1.807) is 24.0 Å². The summed E-state index contributed by atoms with van der Waals surface area (Å²) in [6, 6.07) is 11.2. The lowest BCUT2D eigenvalue weighted by molar-refractivity contribution is 0.102. The first-order valence-electron chi connectivity index (χ1n) is 9.85. The van der Waals surface area contributed by atoms with E-state index in [0.29, 0.717) is 23.1 Å². The van der Waals surface area contributed by atoms with Crippen LogP contribution in [0.5, 0.6) is 0 Å². The lowest BCUT2D eigenvalue weighted by Gasteiger charge is -2.19. The Morgan fingerprint density at radius 2 is 2.07 bits per heavy atom. The number of benzene rings is 1. The number of aliphatic hydroxyl groups is 1. The van der Waals surface area contributed by atoms with Crippen LogP contribution in [0, 0.1) is 6.92 Å². The molecule has 0 bridgehead atoms. The monoisotopic (exact) mass is 391 g/mol. The number of aryl methyl sites for hydroxylation is 2. The van der Waals surface area contributed by atoms with Crippen molar-refractivity contribution in [2.75, 3.05) is 5.32 Å². The molecule has 2 heterocycles. The number of rotatable bonds is 6. The molecule has 4 rings (SSSR count). The fourth-order valence-electron chi connectivity index (χ4n) is 3.50. The fourth-order valence-corrected chi connectivity index (χ4v) is 3.50. The molecule has 1 saturated carbocycles. The average Bonchev–Trinajstić information content (AvgIpc) is 3.47. The Kier molecular flexibility index (Phi) is 5.15. The third kappa shape index (κ3) is 4.05. The van der Waals surface area contributed by atoms with Crippen LogP contribution in [-0.2, 0) is 7.05 Å². The van der Waals surface area contributed by atoms with Crippen molar-refractivity contribution in [2.24, 2.45) is 7.05 Å². The normalized spacial score (nSPS) is 15.7. The molecule has 2 N–H and O–H groups in total. The number of amides is 1. The maximum atomic E-state index is 12.7. The average molecular weight is 391 g/mol. The van der Waals surface area contributed by atoms with E-state index in [1.807, 2.05) is 44.2 Å². The number of carbonyl (C=O) groups is 1. The van der Waals surface area contributed by atoms with Crippen LogP contribution >= 0.6 is 0 Å². The van der Waals surface area contributed by atoms with Gasteiger partial charge in [-0.3, -0.25) is 4.79 Å². The Hall–Kier alpha value is -3.06. The van der Waals surface area contributed by atoms with Crippen LogP contribution in [0.2, 0.25) is 0 Å². The van der Waals surface area contributed by atoms with E-state index in [-0.39, 0.29) is 11.8 Å². The van der Waals surface area contributed by atoms with Crippen molar-refractivity contribution in [3.8, 4) is 0 Å². The molecule has 1 aliphatic rings. The van der Waals surface area contributed by atoms with Gasteiger partial charge in [-0.05, 0) is 49.1 Å². The molecule has 7 heteroatoms. The van der Waals surface area contributed by atoms with E-state index in [4.69, 9.17) is 0 Å². The molecule has 1 aromatic carbocycles. The molecule has 1 amide bonds. The van der Waals surface area contributed by atoms with Crippen molar-refractivity contribution in [3.63, 3.8) is 0 Å². The minimum absolute atomic E-state index is 0.214. The van der Waals surface area contributed by atoms with Gasteiger partial charge < -0.3 is 15.0 Å². The maximum Gasteiger partial charge on any atom is 0.274 e. The third-order valence-corrected chi connectivity index (χ3v) is 5.49. The quantitative estimate of drug-likeness (QED) is 0.671. The molecule has 150 valence electrons. The van der Waals surface area contributed by atoms with Crippen molar-refractivity contribution in [2.45, 2.75) is 44.6 Å². The zero-order valence-corrected chi connectivity index (χ0v) is 16.8. The number of pyridine rings is 1. The Morgan fingerprint density at radius 1 is 1.28 bits per heavy atom. The van der Waals surface area contributed by atoms with Gasteiger partial charge >= 0.3 is 0 Å². The van der Waals surface area contributed by atoms with Crippen LogP contribution in [0.4, 0.5) is 5.69 Å². The van der Waals surface area contributed by atoms with Gasteiger partial charge in [0.2, 0.25) is 0 Å². The molecule has 7 nitrogen and oxygen atoms in total. The van der Waals surface area contributed by atoms with Crippen molar-refractivity contribution >= 4 is 11.6 Å². The van der Waals surface area contributed by atoms with E-state index in [0.717, 1.165) is 29.7 Å². The largest absolute Gasteiger partial charge is 0.384 e. The molecular formula is C22H25N5O2. The highest BCUT2D eigenvalue weighted by Gasteiger charge is 2.27. The van der Waals surface area contributed by atoms with Crippen molar-refractivity contribution < 1.29 is 9.90 Å². The molecule has 0 aliphatic heterocycles. The summed E-state index contributed by atoms with van der Waals surface area (Å²) < 4.78 is 1.70. The van der Waals surface area contributed by atoms with E-state index >= 15 is 0 Å². The maximum absolute atomic E-state index is 12.7. The van der Waals surface area contributed by atoms with E-state index in [9.17, 15) is 9.90 Å². The van der Waals surface area contributed by atoms with Crippen molar-refractivity contribution in [1.29, 1.82) is 0 Å². The van der Waals surface area contributed by atoms with Crippen molar-refractivity contribution in [1.82, 2.24) is 19.7 Å². The molecule has 2 aromatic heterocycles. The SMILES string of the molecule is Cc1ccc(C(=O)Nc2cccc([C@@H](C)[C@H](O)c3nncn3C)c2)nc1C1CC1. The van der Waals surface area contributed by atoms with Gasteiger partial charge in [0.25, 0.3) is 5.91 Å². The van der Waals surface area contributed by atoms with Gasteiger partial charge in [0.1, 0.15) is 18.1 Å². The number of nitrogens with one attached hydrogen (secondary N) is 1. The summed E-state index contributed by atoms with van der Waals surface area (Å²) in [5, 5.41) is 21.4. The zero-order valence-electron chi connectivity index (χ0n) is 16.8. The second-order valence-corrected chi connectivity index (χ2v) is 7.79. The predicted octanol–water partition coefficient (Wildman–Crippen LogP) is 3.49. The first-order valence-corrected chi connectivity index (χ1v) is 9.85. The number of nitrogens with zero attached hydrogens (tertiary/aromatic N) is 4. The first-order chi connectivity index (χ1) is 13.9. The van der Waals surface area contributed by atoms with Gasteiger partial charge in [0.05, 0.1) is 0 Å². The molecule has 0 unspecified atom stereocenters. The lowest BCUT2D eigenvalue weighted by atomic mass is 9.94. The topological polar surface area (TPSA) is 92.9 Å². The molecule has 1 fully saturated rings. The first kappa shape index (κ1) is 19.3. The highest BCUT2D eigenvalue weighted by Crippen LogP contribution is 2.40.